The molecule has 2 aromatic rings. The van der Waals surface area contributed by atoms with Gasteiger partial charge in [0.1, 0.15) is 12.0 Å². The van der Waals surface area contributed by atoms with Crippen LogP contribution in [0.1, 0.15) is 0 Å². The zero-order valence-corrected chi connectivity index (χ0v) is 10.2. The molecule has 0 aliphatic carbocycles. The summed E-state index contributed by atoms with van der Waals surface area (Å²) >= 11 is 6.77. The molecule has 0 unspecified atom stereocenters. The van der Waals surface area contributed by atoms with E-state index in [0.717, 1.165) is 14.7 Å². The largest absolute Gasteiger partial charge is 0.469 e. The minimum atomic E-state index is 0.690. The molecule has 0 aliphatic heterocycles. The van der Waals surface area contributed by atoms with Crippen molar-refractivity contribution < 1.29 is 9.15 Å². The molecule has 0 N–H and O–H groups in total. The predicted octanol–water partition coefficient (Wildman–Crippen LogP) is 4.60. The number of ether oxygens (including phenoxy) is 1. The van der Waals surface area contributed by atoms with Crippen molar-refractivity contribution in [3.05, 3.63) is 45.7 Å². The second kappa shape index (κ2) is 4.19. The van der Waals surface area contributed by atoms with Crippen molar-refractivity contribution in [1.82, 2.24) is 0 Å². The van der Waals surface area contributed by atoms with Crippen molar-refractivity contribution >= 4 is 31.9 Å². The molecule has 0 aliphatic rings. The quantitative estimate of drug-likeness (QED) is 0.808. The average Bonchev–Trinajstić information content (AvgIpc) is 2.54. The first-order valence-corrected chi connectivity index (χ1v) is 5.49. The van der Waals surface area contributed by atoms with Gasteiger partial charge in [-0.1, -0.05) is 31.9 Å². The summed E-state index contributed by atoms with van der Waals surface area (Å²) in [6.45, 7) is 0. The van der Waals surface area contributed by atoms with E-state index in [2.05, 4.69) is 31.9 Å². The number of furan rings is 1. The summed E-state index contributed by atoms with van der Waals surface area (Å²) in [6.07, 6.45) is 3.12. The molecule has 0 amide bonds. The predicted molar refractivity (Wildman–Crippen MR) is 60.6 cm³/mol. The average molecular weight is 318 g/mol. The number of rotatable bonds is 2. The van der Waals surface area contributed by atoms with E-state index in [0.29, 0.717) is 5.75 Å². The molecule has 2 nitrogen and oxygen atoms in total. The standard InChI is InChI=1S/C10H6Br2O2/c11-7-3-8(12)5-10(4-7)14-9-1-2-13-6-9/h1-6H. The van der Waals surface area contributed by atoms with Crippen molar-refractivity contribution in [1.29, 1.82) is 0 Å². The Morgan fingerprint density at radius 2 is 1.71 bits per heavy atom. The van der Waals surface area contributed by atoms with Gasteiger partial charge in [0, 0.05) is 15.0 Å². The van der Waals surface area contributed by atoms with Crippen LogP contribution in [-0.2, 0) is 0 Å². The van der Waals surface area contributed by atoms with Gasteiger partial charge in [-0.05, 0) is 18.2 Å². The highest BCUT2D eigenvalue weighted by Crippen LogP contribution is 2.28. The van der Waals surface area contributed by atoms with Crippen LogP contribution in [0.15, 0.2) is 50.2 Å². The van der Waals surface area contributed by atoms with Crippen molar-refractivity contribution in [3.63, 3.8) is 0 Å². The topological polar surface area (TPSA) is 22.4 Å². The fraction of sp³-hybridized carbons (Fsp3) is 0. The molecule has 2 rings (SSSR count). The van der Waals surface area contributed by atoms with Crippen LogP contribution in [-0.4, -0.2) is 0 Å². The van der Waals surface area contributed by atoms with Crippen molar-refractivity contribution in [2.45, 2.75) is 0 Å². The van der Waals surface area contributed by atoms with Crippen LogP contribution < -0.4 is 4.74 Å². The molecular weight excluding hydrogens is 312 g/mol. The Morgan fingerprint density at radius 3 is 2.29 bits per heavy atom. The number of hydrogen-bond donors (Lipinski definition) is 0. The lowest BCUT2D eigenvalue weighted by atomic mass is 10.3. The highest BCUT2D eigenvalue weighted by atomic mass is 79.9. The minimum Gasteiger partial charge on any atom is -0.469 e. The molecular formula is C10H6Br2O2. The van der Waals surface area contributed by atoms with Gasteiger partial charge in [0.25, 0.3) is 0 Å². The van der Waals surface area contributed by atoms with E-state index in [9.17, 15) is 0 Å². The Bertz CT molecular complexity index is 403. The molecule has 1 heterocycles. The minimum absolute atomic E-state index is 0.690. The van der Waals surface area contributed by atoms with Gasteiger partial charge >= 0.3 is 0 Å². The van der Waals surface area contributed by atoms with Gasteiger partial charge in [0.05, 0.1) is 6.26 Å². The third-order valence-electron chi connectivity index (χ3n) is 1.57. The fourth-order valence-electron chi connectivity index (χ4n) is 1.03. The van der Waals surface area contributed by atoms with Gasteiger partial charge in [-0.3, -0.25) is 0 Å². The number of halogens is 2. The normalized spacial score (nSPS) is 10.1. The molecule has 0 saturated heterocycles. The molecule has 0 spiro atoms. The Labute approximate surface area is 98.1 Å². The van der Waals surface area contributed by atoms with E-state index in [1.165, 1.54) is 0 Å². The van der Waals surface area contributed by atoms with Crippen LogP contribution in [0.25, 0.3) is 0 Å². The lowest BCUT2D eigenvalue weighted by Gasteiger charge is -2.03. The molecule has 4 heteroatoms. The van der Waals surface area contributed by atoms with Crippen LogP contribution in [0.4, 0.5) is 0 Å². The van der Waals surface area contributed by atoms with Gasteiger partial charge in [-0.15, -0.1) is 0 Å². The Kier molecular flexibility index (Phi) is 2.93. The van der Waals surface area contributed by atoms with E-state index < -0.39 is 0 Å². The van der Waals surface area contributed by atoms with Crippen molar-refractivity contribution in [3.8, 4) is 11.5 Å². The summed E-state index contributed by atoms with van der Waals surface area (Å²) in [5.41, 5.74) is 0. The van der Waals surface area contributed by atoms with E-state index in [-0.39, 0.29) is 0 Å². The van der Waals surface area contributed by atoms with Gasteiger partial charge in [-0.2, -0.15) is 0 Å². The van der Waals surface area contributed by atoms with Crippen LogP contribution in [0.2, 0.25) is 0 Å². The number of benzene rings is 1. The molecule has 0 saturated carbocycles. The Morgan fingerprint density at radius 1 is 1.00 bits per heavy atom. The lowest BCUT2D eigenvalue weighted by molar-refractivity contribution is 0.465. The summed E-state index contributed by atoms with van der Waals surface area (Å²) in [6, 6.07) is 7.48. The molecule has 1 aromatic heterocycles. The maximum atomic E-state index is 5.53. The number of hydrogen-bond acceptors (Lipinski definition) is 2. The SMILES string of the molecule is Brc1cc(Br)cc(Oc2ccoc2)c1. The van der Waals surface area contributed by atoms with Gasteiger partial charge in [-0.25, -0.2) is 0 Å². The van der Waals surface area contributed by atoms with Crippen LogP contribution in [0.5, 0.6) is 11.5 Å². The zero-order chi connectivity index (χ0) is 9.97. The first-order chi connectivity index (χ1) is 6.74. The Balaban J connectivity index is 2.25. The first-order valence-electron chi connectivity index (χ1n) is 3.90. The summed E-state index contributed by atoms with van der Waals surface area (Å²) in [5.74, 6) is 1.45. The van der Waals surface area contributed by atoms with E-state index in [1.54, 1.807) is 18.6 Å². The molecule has 0 fully saturated rings. The highest BCUT2D eigenvalue weighted by molar-refractivity contribution is 9.11. The van der Waals surface area contributed by atoms with Crippen molar-refractivity contribution in [2.24, 2.45) is 0 Å². The summed E-state index contributed by atoms with van der Waals surface area (Å²) in [4.78, 5) is 0. The lowest BCUT2D eigenvalue weighted by Crippen LogP contribution is -1.81. The molecule has 1 aromatic carbocycles. The monoisotopic (exact) mass is 316 g/mol. The smallest absolute Gasteiger partial charge is 0.165 e. The second-order valence-electron chi connectivity index (χ2n) is 2.67. The van der Waals surface area contributed by atoms with Gasteiger partial charge in [0.15, 0.2) is 5.75 Å². The fourth-order valence-corrected chi connectivity index (χ4v) is 2.29. The highest BCUT2D eigenvalue weighted by Gasteiger charge is 2.00. The van der Waals surface area contributed by atoms with Crippen LogP contribution in [0, 0.1) is 0 Å². The van der Waals surface area contributed by atoms with E-state index in [1.807, 2.05) is 18.2 Å². The zero-order valence-electron chi connectivity index (χ0n) is 7.04. The van der Waals surface area contributed by atoms with Crippen LogP contribution >= 0.6 is 31.9 Å². The first kappa shape index (κ1) is 9.80. The van der Waals surface area contributed by atoms with Gasteiger partial charge < -0.3 is 9.15 Å². The molecule has 72 valence electrons. The van der Waals surface area contributed by atoms with Crippen LogP contribution in [0.3, 0.4) is 0 Å². The van der Waals surface area contributed by atoms with Gasteiger partial charge in [0.2, 0.25) is 0 Å². The third-order valence-corrected chi connectivity index (χ3v) is 2.48. The molecule has 0 radical (unpaired) electrons. The Hall–Kier alpha value is -0.740. The molecule has 0 atom stereocenters. The summed E-state index contributed by atoms with van der Waals surface area (Å²) < 4.78 is 12.4. The summed E-state index contributed by atoms with van der Waals surface area (Å²) in [7, 11) is 0. The van der Waals surface area contributed by atoms with Crippen molar-refractivity contribution in [2.75, 3.05) is 0 Å². The van der Waals surface area contributed by atoms with E-state index >= 15 is 0 Å². The second-order valence-corrected chi connectivity index (χ2v) is 4.50. The molecule has 14 heavy (non-hydrogen) atoms. The third kappa shape index (κ3) is 2.39. The maximum Gasteiger partial charge on any atom is 0.165 e. The van der Waals surface area contributed by atoms with E-state index in [4.69, 9.17) is 9.15 Å². The molecule has 0 bridgehead atoms. The maximum absolute atomic E-state index is 5.53. The summed E-state index contributed by atoms with van der Waals surface area (Å²) in [5, 5.41) is 0.